The van der Waals surface area contributed by atoms with E-state index in [4.69, 9.17) is 4.74 Å². The lowest BCUT2D eigenvalue weighted by Crippen LogP contribution is -2.52. The zero-order valence-corrected chi connectivity index (χ0v) is 15.1. The van der Waals surface area contributed by atoms with E-state index < -0.39 is 0 Å². The molecule has 0 aliphatic carbocycles. The van der Waals surface area contributed by atoms with Crippen LogP contribution in [0.3, 0.4) is 0 Å². The predicted octanol–water partition coefficient (Wildman–Crippen LogP) is 3.58. The molecule has 1 aromatic heterocycles. The summed E-state index contributed by atoms with van der Waals surface area (Å²) in [4.78, 5) is 16.4. The summed E-state index contributed by atoms with van der Waals surface area (Å²) in [5.74, 6) is 0.195. The molecule has 25 heavy (non-hydrogen) atoms. The standard InChI is InChI=1S/C20H24N2O2S/c23-20(24-18-14-22-10-8-15(18)9-11-22)17(19-7-4-12-25-19)13-21-16-5-2-1-3-6-16/h1-7,12,15,17-18,21H,8-11,13-14H2/t17?,18-/m0/s1. The molecule has 0 radical (unpaired) electrons. The fraction of sp³-hybridized carbons (Fsp3) is 0.450. The van der Waals surface area contributed by atoms with E-state index in [1.165, 1.54) is 0 Å². The highest BCUT2D eigenvalue weighted by atomic mass is 32.1. The lowest BCUT2D eigenvalue weighted by Gasteiger charge is -2.44. The van der Waals surface area contributed by atoms with Gasteiger partial charge in [-0.05, 0) is 55.4 Å². The highest BCUT2D eigenvalue weighted by molar-refractivity contribution is 7.10. The maximum Gasteiger partial charge on any atom is 0.316 e. The maximum atomic E-state index is 12.9. The molecular formula is C20H24N2O2S. The minimum absolute atomic E-state index is 0.0641. The van der Waals surface area contributed by atoms with Gasteiger partial charge < -0.3 is 10.1 Å². The number of hydrogen-bond donors (Lipinski definition) is 1. The van der Waals surface area contributed by atoms with Gasteiger partial charge in [-0.3, -0.25) is 9.69 Å². The van der Waals surface area contributed by atoms with Gasteiger partial charge in [-0.1, -0.05) is 24.3 Å². The number of nitrogens with zero attached hydrogens (tertiary/aromatic N) is 1. The van der Waals surface area contributed by atoms with E-state index in [0.717, 1.165) is 43.0 Å². The van der Waals surface area contributed by atoms with Crippen LogP contribution in [0.4, 0.5) is 5.69 Å². The van der Waals surface area contributed by atoms with Gasteiger partial charge in [0.2, 0.25) is 0 Å². The van der Waals surface area contributed by atoms with Gasteiger partial charge in [0.15, 0.2) is 0 Å². The second-order valence-electron chi connectivity index (χ2n) is 6.93. The van der Waals surface area contributed by atoms with Crippen LogP contribution in [0, 0.1) is 5.92 Å². The molecule has 4 nitrogen and oxygen atoms in total. The second kappa shape index (κ2) is 7.58. The van der Waals surface area contributed by atoms with Crippen LogP contribution in [0.25, 0.3) is 0 Å². The molecule has 2 bridgehead atoms. The van der Waals surface area contributed by atoms with Crippen molar-refractivity contribution in [1.29, 1.82) is 0 Å². The molecule has 132 valence electrons. The Hall–Kier alpha value is -1.85. The molecule has 2 atom stereocenters. The molecule has 1 unspecified atom stereocenters. The Kier molecular flexibility index (Phi) is 5.04. The number of ether oxygens (including phenoxy) is 1. The Morgan fingerprint density at radius 1 is 1.20 bits per heavy atom. The van der Waals surface area contributed by atoms with Gasteiger partial charge in [-0.25, -0.2) is 0 Å². The first-order valence-electron chi connectivity index (χ1n) is 9.05. The highest BCUT2D eigenvalue weighted by Gasteiger charge is 2.37. The van der Waals surface area contributed by atoms with Gasteiger partial charge in [0.05, 0.1) is 0 Å². The molecule has 1 aromatic carbocycles. The van der Waals surface area contributed by atoms with Gasteiger partial charge >= 0.3 is 5.97 Å². The zero-order chi connectivity index (χ0) is 17.1. The molecule has 0 amide bonds. The summed E-state index contributed by atoms with van der Waals surface area (Å²) in [7, 11) is 0. The summed E-state index contributed by atoms with van der Waals surface area (Å²) in [5.41, 5.74) is 1.03. The van der Waals surface area contributed by atoms with Crippen molar-refractivity contribution in [3.05, 3.63) is 52.7 Å². The van der Waals surface area contributed by atoms with Crippen LogP contribution in [-0.2, 0) is 9.53 Å². The summed E-state index contributed by atoms with van der Waals surface area (Å²) in [6, 6.07) is 14.0. The van der Waals surface area contributed by atoms with E-state index in [9.17, 15) is 4.79 Å². The summed E-state index contributed by atoms with van der Waals surface area (Å²) in [5, 5.41) is 5.40. The topological polar surface area (TPSA) is 41.6 Å². The fourth-order valence-corrected chi connectivity index (χ4v) is 4.66. The minimum Gasteiger partial charge on any atom is -0.460 e. The van der Waals surface area contributed by atoms with Gasteiger partial charge in [0.25, 0.3) is 0 Å². The smallest absolute Gasteiger partial charge is 0.316 e. The Morgan fingerprint density at radius 3 is 2.64 bits per heavy atom. The zero-order valence-electron chi connectivity index (χ0n) is 14.3. The lowest BCUT2D eigenvalue weighted by molar-refractivity contribution is -0.160. The van der Waals surface area contributed by atoms with Crippen LogP contribution in [0.15, 0.2) is 47.8 Å². The number of hydrogen-bond acceptors (Lipinski definition) is 5. The summed E-state index contributed by atoms with van der Waals surface area (Å²) in [6.07, 6.45) is 2.38. The van der Waals surface area contributed by atoms with E-state index in [2.05, 4.69) is 10.2 Å². The first-order chi connectivity index (χ1) is 12.3. The number of benzene rings is 1. The largest absolute Gasteiger partial charge is 0.460 e. The fourth-order valence-electron chi connectivity index (χ4n) is 3.84. The van der Waals surface area contributed by atoms with Crippen molar-refractivity contribution in [3.8, 4) is 0 Å². The highest BCUT2D eigenvalue weighted by Crippen LogP contribution is 2.31. The molecule has 3 aliphatic rings. The Bertz CT molecular complexity index is 681. The third-order valence-corrected chi connectivity index (χ3v) is 6.30. The average molecular weight is 356 g/mol. The molecule has 1 N–H and O–H groups in total. The van der Waals surface area contributed by atoms with Crippen molar-refractivity contribution in [2.75, 3.05) is 31.5 Å². The molecule has 5 heteroatoms. The maximum absolute atomic E-state index is 12.9. The number of rotatable bonds is 6. The molecule has 5 rings (SSSR count). The quantitative estimate of drug-likeness (QED) is 0.803. The van der Waals surface area contributed by atoms with Gasteiger partial charge in [0, 0.05) is 23.7 Å². The first-order valence-corrected chi connectivity index (χ1v) is 9.93. The molecule has 4 heterocycles. The number of nitrogens with one attached hydrogen (secondary N) is 1. The van der Waals surface area contributed by atoms with E-state index in [1.807, 2.05) is 47.8 Å². The number of para-hydroxylation sites is 1. The minimum atomic E-state index is -0.254. The van der Waals surface area contributed by atoms with E-state index >= 15 is 0 Å². The number of piperidine rings is 3. The number of thiophene rings is 1. The second-order valence-corrected chi connectivity index (χ2v) is 7.91. The molecule has 2 aromatic rings. The predicted molar refractivity (Wildman–Crippen MR) is 101 cm³/mol. The molecule has 0 saturated carbocycles. The monoisotopic (exact) mass is 356 g/mol. The Morgan fingerprint density at radius 2 is 2.00 bits per heavy atom. The Labute approximate surface area is 152 Å². The van der Waals surface area contributed by atoms with Crippen molar-refractivity contribution >= 4 is 23.0 Å². The van der Waals surface area contributed by atoms with Crippen molar-refractivity contribution in [1.82, 2.24) is 4.90 Å². The lowest BCUT2D eigenvalue weighted by atomic mass is 9.86. The number of carbonyl (C=O) groups is 1. The first kappa shape index (κ1) is 16.6. The van der Waals surface area contributed by atoms with Crippen molar-refractivity contribution in [2.24, 2.45) is 5.92 Å². The van der Waals surface area contributed by atoms with Crippen LogP contribution < -0.4 is 5.32 Å². The SMILES string of the molecule is O=C(O[C@H]1CN2CCC1CC2)C(CNc1ccccc1)c1cccs1. The third kappa shape index (κ3) is 3.88. The van der Waals surface area contributed by atoms with Crippen LogP contribution in [0.1, 0.15) is 23.6 Å². The summed E-state index contributed by atoms with van der Waals surface area (Å²) >= 11 is 1.62. The molecule has 3 saturated heterocycles. The van der Waals surface area contributed by atoms with E-state index in [-0.39, 0.29) is 18.0 Å². The normalized spacial score (nSPS) is 26.2. The van der Waals surface area contributed by atoms with E-state index in [1.54, 1.807) is 11.3 Å². The van der Waals surface area contributed by atoms with Gasteiger partial charge in [-0.2, -0.15) is 0 Å². The van der Waals surface area contributed by atoms with Crippen LogP contribution >= 0.6 is 11.3 Å². The number of fused-ring (bicyclic) bond motifs is 3. The van der Waals surface area contributed by atoms with Gasteiger partial charge in [0.1, 0.15) is 12.0 Å². The van der Waals surface area contributed by atoms with E-state index in [0.29, 0.717) is 12.5 Å². The number of anilines is 1. The third-order valence-electron chi connectivity index (χ3n) is 5.32. The van der Waals surface area contributed by atoms with Crippen molar-refractivity contribution < 1.29 is 9.53 Å². The van der Waals surface area contributed by atoms with Crippen LogP contribution in [0.5, 0.6) is 0 Å². The van der Waals surface area contributed by atoms with Crippen molar-refractivity contribution in [2.45, 2.75) is 24.9 Å². The molecule has 0 spiro atoms. The van der Waals surface area contributed by atoms with Crippen molar-refractivity contribution in [3.63, 3.8) is 0 Å². The number of esters is 1. The Balaban J connectivity index is 1.43. The van der Waals surface area contributed by atoms with Crippen LogP contribution in [0.2, 0.25) is 0 Å². The van der Waals surface area contributed by atoms with Gasteiger partial charge in [-0.15, -0.1) is 11.3 Å². The number of carbonyl (C=O) groups excluding carboxylic acids is 1. The average Bonchev–Trinajstić information content (AvgIpc) is 3.18. The van der Waals surface area contributed by atoms with Crippen LogP contribution in [-0.4, -0.2) is 43.2 Å². The molecular weight excluding hydrogens is 332 g/mol. The molecule has 3 aliphatic heterocycles. The summed E-state index contributed by atoms with van der Waals surface area (Å²) < 4.78 is 5.99. The molecule has 3 fully saturated rings. The summed E-state index contributed by atoms with van der Waals surface area (Å²) in [6.45, 7) is 3.77.